The molecule has 1 aromatic rings. The van der Waals surface area contributed by atoms with Gasteiger partial charge in [-0.1, -0.05) is 43.5 Å². The maximum absolute atomic E-state index is 12.7. The third-order valence-corrected chi connectivity index (χ3v) is 5.58. The number of benzene rings is 1. The molecule has 25 heavy (non-hydrogen) atoms. The molecule has 3 rings (SSSR count). The number of likely N-dealkylation sites (tertiary alicyclic amines) is 1. The van der Waals surface area contributed by atoms with Crippen LogP contribution in [0.25, 0.3) is 0 Å². The van der Waals surface area contributed by atoms with E-state index in [9.17, 15) is 14.4 Å². The molecule has 1 N–H and O–H groups in total. The smallest absolute Gasteiger partial charge is 0.240 e. The van der Waals surface area contributed by atoms with Crippen molar-refractivity contribution in [3.05, 3.63) is 35.4 Å². The number of nitrogens with one attached hydrogen (secondary N) is 1. The molecule has 0 radical (unpaired) electrons. The molecule has 1 aromatic carbocycles. The van der Waals surface area contributed by atoms with E-state index in [0.717, 1.165) is 38.5 Å². The summed E-state index contributed by atoms with van der Waals surface area (Å²) in [6, 6.07) is 8.06. The molecule has 1 saturated heterocycles. The molecule has 0 bridgehead atoms. The largest absolute Gasteiger partial charge is 0.354 e. The molecule has 2 fully saturated rings. The van der Waals surface area contributed by atoms with Crippen molar-refractivity contribution in [3.63, 3.8) is 0 Å². The Labute approximate surface area is 148 Å². The molecule has 134 valence electrons. The van der Waals surface area contributed by atoms with Crippen LogP contribution in [0.15, 0.2) is 24.3 Å². The van der Waals surface area contributed by atoms with Crippen LogP contribution in [0.3, 0.4) is 0 Å². The van der Waals surface area contributed by atoms with Gasteiger partial charge in [-0.3, -0.25) is 19.3 Å². The van der Waals surface area contributed by atoms with Crippen molar-refractivity contribution >= 4 is 17.7 Å². The second kappa shape index (κ2) is 7.38. The van der Waals surface area contributed by atoms with Gasteiger partial charge in [-0.25, -0.2) is 0 Å². The van der Waals surface area contributed by atoms with E-state index in [4.69, 9.17) is 0 Å². The first-order valence-corrected chi connectivity index (χ1v) is 9.18. The maximum Gasteiger partial charge on any atom is 0.240 e. The Kier molecular flexibility index (Phi) is 5.21. The lowest BCUT2D eigenvalue weighted by Crippen LogP contribution is -2.43. The van der Waals surface area contributed by atoms with Gasteiger partial charge in [0.1, 0.15) is 6.54 Å². The summed E-state index contributed by atoms with van der Waals surface area (Å²) in [6.07, 6.45) is 5.70. The average molecular weight is 342 g/mol. The summed E-state index contributed by atoms with van der Waals surface area (Å²) in [5.41, 5.74) is 1.87. The van der Waals surface area contributed by atoms with Crippen LogP contribution in [0.5, 0.6) is 0 Å². The summed E-state index contributed by atoms with van der Waals surface area (Å²) in [5.74, 6) is -0.588. The number of nitrogens with zero attached hydrogens (tertiary/aromatic N) is 1. The van der Waals surface area contributed by atoms with E-state index < -0.39 is 5.41 Å². The van der Waals surface area contributed by atoms with Crippen molar-refractivity contribution in [2.75, 3.05) is 13.1 Å². The number of carbonyl (C=O) groups is 3. The van der Waals surface area contributed by atoms with Crippen LogP contribution in [0, 0.1) is 12.3 Å². The summed E-state index contributed by atoms with van der Waals surface area (Å²) in [6.45, 7) is 2.40. The van der Waals surface area contributed by atoms with E-state index in [1.807, 2.05) is 31.2 Å². The molecule has 1 aliphatic heterocycles. The van der Waals surface area contributed by atoms with Gasteiger partial charge in [0.15, 0.2) is 0 Å². The Bertz CT molecular complexity index is 677. The minimum absolute atomic E-state index is 0.133. The zero-order chi connectivity index (χ0) is 17.9. The Balaban J connectivity index is 1.51. The number of aryl methyl sites for hydroxylation is 1. The molecule has 0 aromatic heterocycles. The van der Waals surface area contributed by atoms with Gasteiger partial charge in [-0.05, 0) is 37.3 Å². The summed E-state index contributed by atoms with van der Waals surface area (Å²) in [4.78, 5) is 38.3. The van der Waals surface area contributed by atoms with E-state index >= 15 is 0 Å². The predicted molar refractivity (Wildman–Crippen MR) is 94.7 cm³/mol. The number of imide groups is 1. The van der Waals surface area contributed by atoms with Crippen molar-refractivity contribution in [2.45, 2.75) is 51.9 Å². The molecule has 5 nitrogen and oxygen atoms in total. The maximum atomic E-state index is 12.7. The zero-order valence-corrected chi connectivity index (χ0v) is 14.8. The van der Waals surface area contributed by atoms with Crippen molar-refractivity contribution in [1.82, 2.24) is 10.2 Å². The van der Waals surface area contributed by atoms with Gasteiger partial charge in [0, 0.05) is 13.0 Å². The van der Waals surface area contributed by atoms with Crippen LogP contribution in [0.4, 0.5) is 0 Å². The second-order valence-electron chi connectivity index (χ2n) is 7.33. The molecule has 3 amide bonds. The molecule has 0 atom stereocenters. The molecular weight excluding hydrogens is 316 g/mol. The normalized spacial score (nSPS) is 19.5. The van der Waals surface area contributed by atoms with E-state index in [2.05, 4.69) is 5.32 Å². The van der Waals surface area contributed by atoms with E-state index in [-0.39, 0.29) is 30.7 Å². The summed E-state index contributed by atoms with van der Waals surface area (Å²) in [7, 11) is 0. The van der Waals surface area contributed by atoms with Crippen LogP contribution in [0.2, 0.25) is 0 Å². The molecule has 5 heteroatoms. The van der Waals surface area contributed by atoms with Crippen LogP contribution in [-0.4, -0.2) is 35.7 Å². The van der Waals surface area contributed by atoms with Gasteiger partial charge in [0.2, 0.25) is 17.7 Å². The lowest BCUT2D eigenvalue weighted by molar-refractivity contribution is -0.145. The molecule has 1 saturated carbocycles. The van der Waals surface area contributed by atoms with Gasteiger partial charge in [-0.2, -0.15) is 0 Å². The molecule has 2 aliphatic rings. The van der Waals surface area contributed by atoms with Crippen LogP contribution in [-0.2, 0) is 20.8 Å². The number of amides is 3. The fourth-order valence-electron chi connectivity index (χ4n) is 4.07. The molecule has 1 aliphatic carbocycles. The topological polar surface area (TPSA) is 66.5 Å². The van der Waals surface area contributed by atoms with Crippen LogP contribution < -0.4 is 5.32 Å². The fraction of sp³-hybridized carbons (Fsp3) is 0.550. The number of hydrogen-bond donors (Lipinski definition) is 1. The molecule has 1 heterocycles. The van der Waals surface area contributed by atoms with Crippen molar-refractivity contribution < 1.29 is 14.4 Å². The zero-order valence-electron chi connectivity index (χ0n) is 14.8. The summed E-state index contributed by atoms with van der Waals surface area (Å²) in [5, 5.41) is 2.83. The van der Waals surface area contributed by atoms with Crippen molar-refractivity contribution in [2.24, 2.45) is 5.41 Å². The first kappa shape index (κ1) is 17.6. The third kappa shape index (κ3) is 3.75. The Morgan fingerprint density at radius 2 is 1.88 bits per heavy atom. The van der Waals surface area contributed by atoms with Gasteiger partial charge in [0.05, 0.1) is 5.41 Å². The molecular formula is C20H26N2O3. The Hall–Kier alpha value is -2.17. The molecule has 1 spiro atoms. The monoisotopic (exact) mass is 342 g/mol. The van der Waals surface area contributed by atoms with Crippen molar-refractivity contribution in [1.29, 1.82) is 0 Å². The summed E-state index contributed by atoms with van der Waals surface area (Å²) >= 11 is 0. The van der Waals surface area contributed by atoms with Crippen molar-refractivity contribution in [3.8, 4) is 0 Å². The van der Waals surface area contributed by atoms with Gasteiger partial charge in [0.25, 0.3) is 0 Å². The minimum atomic E-state index is -0.517. The first-order chi connectivity index (χ1) is 12.0. The van der Waals surface area contributed by atoms with Gasteiger partial charge in [-0.15, -0.1) is 0 Å². The highest BCUT2D eigenvalue weighted by molar-refractivity contribution is 6.08. The third-order valence-electron chi connectivity index (χ3n) is 5.58. The van der Waals surface area contributed by atoms with E-state index in [0.29, 0.717) is 6.54 Å². The van der Waals surface area contributed by atoms with Gasteiger partial charge >= 0.3 is 0 Å². The quantitative estimate of drug-likeness (QED) is 0.836. The minimum Gasteiger partial charge on any atom is -0.354 e. The Morgan fingerprint density at radius 1 is 1.16 bits per heavy atom. The number of hydrogen-bond acceptors (Lipinski definition) is 3. The SMILES string of the molecule is Cc1ccccc1CCNC(=O)CN1C(=O)CC2(CCCCC2)C1=O. The average Bonchev–Trinajstić information content (AvgIpc) is 2.81. The standard InChI is InChI=1S/C20H26N2O3/c1-15-7-3-4-8-16(15)9-12-21-17(23)14-22-18(24)13-20(19(22)25)10-5-2-6-11-20/h3-4,7-8H,2,5-6,9-14H2,1H3,(H,21,23). The highest BCUT2D eigenvalue weighted by atomic mass is 16.2. The lowest BCUT2D eigenvalue weighted by atomic mass is 9.73. The van der Waals surface area contributed by atoms with E-state index in [1.165, 1.54) is 16.0 Å². The van der Waals surface area contributed by atoms with Gasteiger partial charge < -0.3 is 5.32 Å². The number of rotatable bonds is 5. The first-order valence-electron chi connectivity index (χ1n) is 9.18. The predicted octanol–water partition coefficient (Wildman–Crippen LogP) is 2.36. The lowest BCUT2D eigenvalue weighted by Gasteiger charge is -2.30. The fourth-order valence-corrected chi connectivity index (χ4v) is 4.07. The van der Waals surface area contributed by atoms with E-state index in [1.54, 1.807) is 0 Å². The second-order valence-corrected chi connectivity index (χ2v) is 7.33. The molecule has 0 unspecified atom stereocenters. The Morgan fingerprint density at radius 3 is 2.60 bits per heavy atom. The highest BCUT2D eigenvalue weighted by Gasteiger charge is 2.51. The highest BCUT2D eigenvalue weighted by Crippen LogP contribution is 2.45. The summed E-state index contributed by atoms with van der Waals surface area (Å²) < 4.78 is 0. The number of carbonyl (C=O) groups excluding carboxylic acids is 3. The van der Waals surface area contributed by atoms with Crippen LogP contribution >= 0.6 is 0 Å². The van der Waals surface area contributed by atoms with Crippen LogP contribution in [0.1, 0.15) is 49.7 Å².